The fraction of sp³-hybridized carbons (Fsp3) is 0.455. The van der Waals surface area contributed by atoms with Crippen LogP contribution in [0.2, 0.25) is 0 Å². The summed E-state index contributed by atoms with van der Waals surface area (Å²) in [4.78, 5) is 0. The number of nitrogens with two attached hydrogens (primary N) is 1. The molecule has 14 heavy (non-hydrogen) atoms. The zero-order chi connectivity index (χ0) is 10.2. The Hall–Kier alpha value is -0.960. The Balaban J connectivity index is 2.45. The average molecular weight is 197 g/mol. The van der Waals surface area contributed by atoms with Crippen molar-refractivity contribution >= 4 is 0 Å². The van der Waals surface area contributed by atoms with E-state index in [1.807, 2.05) is 0 Å². The van der Waals surface area contributed by atoms with Gasteiger partial charge in [0.05, 0.1) is 0 Å². The van der Waals surface area contributed by atoms with E-state index in [-0.39, 0.29) is 0 Å². The molecule has 1 aromatic carbocycles. The van der Waals surface area contributed by atoms with Crippen molar-refractivity contribution < 1.29 is 8.78 Å². The first-order valence-electron chi connectivity index (χ1n) is 4.87. The molecule has 0 atom stereocenters. The van der Waals surface area contributed by atoms with Crippen LogP contribution in [0.3, 0.4) is 0 Å². The molecule has 1 aromatic rings. The van der Waals surface area contributed by atoms with Crippen molar-refractivity contribution in [2.45, 2.75) is 31.2 Å². The van der Waals surface area contributed by atoms with Crippen molar-refractivity contribution in [3.8, 4) is 0 Å². The lowest BCUT2D eigenvalue weighted by Crippen LogP contribution is -2.34. The van der Waals surface area contributed by atoms with Crippen molar-refractivity contribution in [1.29, 1.82) is 0 Å². The van der Waals surface area contributed by atoms with E-state index in [0.29, 0.717) is 5.56 Å². The molecule has 1 nitrogen and oxygen atoms in total. The predicted molar refractivity (Wildman–Crippen MR) is 50.7 cm³/mol. The number of benzene rings is 1. The van der Waals surface area contributed by atoms with E-state index in [2.05, 4.69) is 0 Å². The van der Waals surface area contributed by atoms with Crippen LogP contribution in [0.25, 0.3) is 0 Å². The average Bonchev–Trinajstić information content (AvgIpc) is 2.58. The van der Waals surface area contributed by atoms with Gasteiger partial charge in [0.25, 0.3) is 0 Å². The molecule has 1 aliphatic carbocycles. The van der Waals surface area contributed by atoms with Crippen molar-refractivity contribution in [2.24, 2.45) is 5.73 Å². The first-order valence-corrected chi connectivity index (χ1v) is 4.87. The Morgan fingerprint density at radius 3 is 2.43 bits per heavy atom. The summed E-state index contributed by atoms with van der Waals surface area (Å²) in [5.41, 5.74) is 5.73. The van der Waals surface area contributed by atoms with E-state index < -0.39 is 17.2 Å². The molecule has 0 bridgehead atoms. The molecule has 2 rings (SSSR count). The summed E-state index contributed by atoms with van der Waals surface area (Å²) in [6.45, 7) is 0. The molecule has 0 radical (unpaired) electrons. The van der Waals surface area contributed by atoms with Crippen molar-refractivity contribution in [3.05, 3.63) is 35.4 Å². The van der Waals surface area contributed by atoms with Crippen LogP contribution in [0.15, 0.2) is 18.2 Å². The number of halogens is 2. The topological polar surface area (TPSA) is 26.0 Å². The molecule has 0 unspecified atom stereocenters. The number of hydrogen-bond donors (Lipinski definition) is 1. The minimum Gasteiger partial charge on any atom is -0.321 e. The zero-order valence-corrected chi connectivity index (χ0v) is 7.89. The van der Waals surface area contributed by atoms with Crippen LogP contribution in [-0.2, 0) is 5.54 Å². The quantitative estimate of drug-likeness (QED) is 0.736. The van der Waals surface area contributed by atoms with Gasteiger partial charge in [0, 0.05) is 11.1 Å². The van der Waals surface area contributed by atoms with Crippen LogP contribution in [-0.4, -0.2) is 0 Å². The van der Waals surface area contributed by atoms with Gasteiger partial charge in [0.1, 0.15) is 0 Å². The fourth-order valence-corrected chi connectivity index (χ4v) is 2.16. The second-order valence-corrected chi connectivity index (χ2v) is 3.96. The van der Waals surface area contributed by atoms with Gasteiger partial charge in [-0.25, -0.2) is 8.78 Å². The van der Waals surface area contributed by atoms with Crippen LogP contribution >= 0.6 is 0 Å². The molecule has 0 amide bonds. The maximum Gasteiger partial charge on any atom is 0.163 e. The highest BCUT2D eigenvalue weighted by Crippen LogP contribution is 2.37. The summed E-state index contributed by atoms with van der Waals surface area (Å²) in [7, 11) is 0. The molecule has 1 fully saturated rings. The van der Waals surface area contributed by atoms with Gasteiger partial charge in [-0.1, -0.05) is 25.0 Å². The minimum atomic E-state index is -0.806. The summed E-state index contributed by atoms with van der Waals surface area (Å²) < 4.78 is 26.4. The van der Waals surface area contributed by atoms with E-state index in [1.165, 1.54) is 6.07 Å². The van der Waals surface area contributed by atoms with Gasteiger partial charge in [-0.3, -0.25) is 0 Å². The lowest BCUT2D eigenvalue weighted by molar-refractivity contribution is 0.412. The molecule has 0 aromatic heterocycles. The molecular formula is C11H13F2N. The highest BCUT2D eigenvalue weighted by molar-refractivity contribution is 5.27. The Kier molecular flexibility index (Phi) is 2.27. The molecular weight excluding hydrogens is 184 g/mol. The molecule has 1 aliphatic rings. The van der Waals surface area contributed by atoms with Gasteiger partial charge in [-0.15, -0.1) is 0 Å². The minimum absolute atomic E-state index is 0.329. The molecule has 1 saturated carbocycles. The standard InChI is InChI=1S/C11H13F2N/c12-9-5-3-4-8(10(9)13)11(14)6-1-2-7-11/h3-5H,1-2,6-7,14H2. The third-order valence-electron chi connectivity index (χ3n) is 2.98. The van der Waals surface area contributed by atoms with Crippen molar-refractivity contribution in [3.63, 3.8) is 0 Å². The monoisotopic (exact) mass is 197 g/mol. The summed E-state index contributed by atoms with van der Waals surface area (Å²) in [6.07, 6.45) is 3.47. The van der Waals surface area contributed by atoms with Gasteiger partial charge >= 0.3 is 0 Å². The molecule has 0 spiro atoms. The van der Waals surface area contributed by atoms with E-state index in [0.717, 1.165) is 31.7 Å². The van der Waals surface area contributed by atoms with E-state index in [1.54, 1.807) is 6.07 Å². The highest BCUT2D eigenvalue weighted by Gasteiger charge is 2.34. The Morgan fingerprint density at radius 1 is 1.14 bits per heavy atom. The number of rotatable bonds is 1. The van der Waals surface area contributed by atoms with Gasteiger partial charge in [0.2, 0.25) is 0 Å². The second-order valence-electron chi connectivity index (χ2n) is 3.96. The Morgan fingerprint density at radius 2 is 1.79 bits per heavy atom. The first-order chi connectivity index (χ1) is 6.63. The predicted octanol–water partition coefficient (Wildman–Crippen LogP) is 2.69. The molecule has 2 N–H and O–H groups in total. The zero-order valence-electron chi connectivity index (χ0n) is 7.89. The Labute approximate surface area is 81.9 Å². The van der Waals surface area contributed by atoms with Crippen LogP contribution in [0, 0.1) is 11.6 Å². The maximum atomic E-state index is 13.4. The van der Waals surface area contributed by atoms with Gasteiger partial charge in [0.15, 0.2) is 11.6 Å². The summed E-state index contributed by atoms with van der Waals surface area (Å²) >= 11 is 0. The Bertz CT molecular complexity index is 343. The summed E-state index contributed by atoms with van der Waals surface area (Å²) in [5.74, 6) is -1.59. The number of hydrogen-bond acceptors (Lipinski definition) is 1. The maximum absolute atomic E-state index is 13.4. The van der Waals surface area contributed by atoms with Gasteiger partial charge in [-0.05, 0) is 18.9 Å². The summed E-state index contributed by atoms with van der Waals surface area (Å²) in [5, 5.41) is 0. The smallest absolute Gasteiger partial charge is 0.163 e. The lowest BCUT2D eigenvalue weighted by atomic mass is 9.89. The normalized spacial score (nSPS) is 19.9. The van der Waals surface area contributed by atoms with Crippen LogP contribution in [0.5, 0.6) is 0 Å². The third-order valence-corrected chi connectivity index (χ3v) is 2.98. The molecule has 3 heteroatoms. The summed E-state index contributed by atoms with van der Waals surface area (Å²) in [6, 6.07) is 4.22. The lowest BCUT2D eigenvalue weighted by Gasteiger charge is -2.24. The van der Waals surface area contributed by atoms with Gasteiger partial charge in [-0.2, -0.15) is 0 Å². The van der Waals surface area contributed by atoms with E-state index >= 15 is 0 Å². The molecule has 76 valence electrons. The fourth-order valence-electron chi connectivity index (χ4n) is 2.16. The SMILES string of the molecule is NC1(c2cccc(F)c2F)CCCC1. The van der Waals surface area contributed by atoms with Crippen LogP contribution in [0.4, 0.5) is 8.78 Å². The van der Waals surface area contributed by atoms with Crippen molar-refractivity contribution in [2.75, 3.05) is 0 Å². The van der Waals surface area contributed by atoms with E-state index in [4.69, 9.17) is 5.73 Å². The van der Waals surface area contributed by atoms with Crippen LogP contribution < -0.4 is 5.73 Å². The van der Waals surface area contributed by atoms with Gasteiger partial charge < -0.3 is 5.73 Å². The molecule has 0 heterocycles. The van der Waals surface area contributed by atoms with Crippen LogP contribution in [0.1, 0.15) is 31.2 Å². The molecule has 0 aliphatic heterocycles. The largest absolute Gasteiger partial charge is 0.321 e. The molecule has 0 saturated heterocycles. The third kappa shape index (κ3) is 1.42. The van der Waals surface area contributed by atoms with E-state index in [9.17, 15) is 8.78 Å². The second kappa shape index (κ2) is 3.31. The first kappa shape index (κ1) is 9.59. The van der Waals surface area contributed by atoms with Crippen molar-refractivity contribution in [1.82, 2.24) is 0 Å². The highest BCUT2D eigenvalue weighted by atomic mass is 19.2.